The van der Waals surface area contributed by atoms with Crippen LogP contribution in [0.15, 0.2) is 125 Å². The van der Waals surface area contributed by atoms with Crippen molar-refractivity contribution in [3.63, 3.8) is 0 Å². The molecular weight excluding hydrogens is 647 g/mol. The summed E-state index contributed by atoms with van der Waals surface area (Å²) in [6, 6.07) is 30.9. The number of nitrogens with one attached hydrogen (secondary N) is 1. The molecule has 1 unspecified atom stereocenters. The first-order valence-corrected chi connectivity index (χ1v) is 18.9. The largest absolute Gasteiger partial charge is 0.401 e. The summed E-state index contributed by atoms with van der Waals surface area (Å²) in [4.78, 5) is 26.8. The maximum Gasteiger partial charge on any atom is 0.187 e. The molecule has 1 aliphatic rings. The lowest BCUT2D eigenvalue weighted by atomic mass is 9.89. The number of rotatable bonds is 18. The van der Waals surface area contributed by atoms with Gasteiger partial charge in [0.15, 0.2) is 17.3 Å². The molecule has 8 heteroatoms. The smallest absolute Gasteiger partial charge is 0.187 e. The maximum absolute atomic E-state index is 12.5. The number of nitrogens with zero attached hydrogens (tertiary/aromatic N) is 2. The summed E-state index contributed by atoms with van der Waals surface area (Å²) in [7, 11) is 0. The van der Waals surface area contributed by atoms with Crippen molar-refractivity contribution in [2.75, 3.05) is 19.6 Å². The van der Waals surface area contributed by atoms with E-state index < -0.39 is 0 Å². The van der Waals surface area contributed by atoms with E-state index in [1.165, 1.54) is 51.0 Å². The normalized spacial score (nSPS) is 14.4. The Morgan fingerprint density at radius 2 is 1.42 bits per heavy atom. The summed E-state index contributed by atoms with van der Waals surface area (Å²) < 4.78 is 5.59. The minimum absolute atomic E-state index is 0.0356. The molecule has 0 radical (unpaired) electrons. The topological polar surface area (TPSA) is 127 Å². The first-order chi connectivity index (χ1) is 25.3. The molecule has 1 saturated carbocycles. The van der Waals surface area contributed by atoms with E-state index in [1.54, 1.807) is 18.2 Å². The molecule has 5 N–H and O–H groups in total. The summed E-state index contributed by atoms with van der Waals surface area (Å²) in [5, 5.41) is 7.71. The first kappa shape index (κ1) is 40.0. The van der Waals surface area contributed by atoms with E-state index in [0.29, 0.717) is 54.1 Å². The van der Waals surface area contributed by atoms with Gasteiger partial charge in [-0.05, 0) is 31.6 Å². The van der Waals surface area contributed by atoms with Gasteiger partial charge in [0.05, 0.1) is 5.69 Å². The van der Waals surface area contributed by atoms with Crippen molar-refractivity contribution in [3.05, 3.63) is 137 Å². The van der Waals surface area contributed by atoms with Crippen molar-refractivity contribution in [1.29, 1.82) is 0 Å². The number of nitrogens with two attached hydrogens (primary N) is 2. The summed E-state index contributed by atoms with van der Waals surface area (Å²) in [6.07, 6.45) is 14.1. The van der Waals surface area contributed by atoms with Gasteiger partial charge in [-0.3, -0.25) is 14.5 Å². The Labute approximate surface area is 310 Å². The third-order valence-electron chi connectivity index (χ3n) is 9.39. The number of aromatic nitrogens is 1. The van der Waals surface area contributed by atoms with Crippen molar-refractivity contribution < 1.29 is 14.1 Å². The van der Waals surface area contributed by atoms with Gasteiger partial charge in [0, 0.05) is 78.5 Å². The van der Waals surface area contributed by atoms with Gasteiger partial charge in [0.25, 0.3) is 0 Å². The predicted molar refractivity (Wildman–Crippen MR) is 211 cm³/mol. The molecule has 0 amide bonds. The van der Waals surface area contributed by atoms with E-state index >= 15 is 0 Å². The van der Waals surface area contributed by atoms with E-state index in [9.17, 15) is 9.59 Å². The minimum atomic E-state index is -0.0616. The monoisotopic (exact) mass is 703 g/mol. The van der Waals surface area contributed by atoms with E-state index in [1.807, 2.05) is 84.9 Å². The lowest BCUT2D eigenvalue weighted by Gasteiger charge is -2.29. The number of allylic oxidation sites excluding steroid dienone is 2. The molecule has 52 heavy (non-hydrogen) atoms. The molecule has 3 aromatic carbocycles. The number of benzene rings is 3. The molecule has 0 aliphatic heterocycles. The highest BCUT2D eigenvalue weighted by Crippen LogP contribution is 2.26. The standard InChI is InChI=1S/C27H31N3O2.C17H26N2O/c28-24(16-26(31)22-12-6-2-7-13-22)19-30(18-21-10-4-1-5-11-21)20-25-17-27(32-29-25)23-14-8-3-9-15-23;1-3-5-11-16(4-2)19-13-15(18)12-17(20)14-9-7-6-8-10-14/h2-3,6-9,12-17,21H,1,4-5,10-11,18-20,28H2;6-10,12,16,19H,3-5,11,13,18H2,1-2H3/b24-16-;15-12-. The number of carbonyl (C=O) groups excluding carboxylic acids is 2. The van der Waals surface area contributed by atoms with Crippen molar-refractivity contribution in [3.8, 4) is 11.3 Å². The number of carbonyl (C=O) groups is 2. The highest BCUT2D eigenvalue weighted by molar-refractivity contribution is 6.05. The lowest BCUT2D eigenvalue weighted by molar-refractivity contribution is 0.103. The molecule has 0 bridgehead atoms. The lowest BCUT2D eigenvalue weighted by Crippen LogP contribution is -2.33. The van der Waals surface area contributed by atoms with Crippen LogP contribution in [-0.4, -0.2) is 47.3 Å². The fourth-order valence-electron chi connectivity index (χ4n) is 6.50. The quantitative estimate of drug-likeness (QED) is 0.0694. The Morgan fingerprint density at radius 3 is 2.00 bits per heavy atom. The molecule has 276 valence electrons. The molecule has 4 aromatic rings. The maximum atomic E-state index is 12.5. The van der Waals surface area contributed by atoms with Gasteiger partial charge in [-0.25, -0.2) is 0 Å². The summed E-state index contributed by atoms with van der Waals surface area (Å²) >= 11 is 0. The van der Waals surface area contributed by atoms with Crippen molar-refractivity contribution in [2.24, 2.45) is 17.4 Å². The van der Waals surface area contributed by atoms with Gasteiger partial charge in [0.1, 0.15) is 0 Å². The van der Waals surface area contributed by atoms with E-state index in [0.717, 1.165) is 36.4 Å². The number of hydrogen-bond acceptors (Lipinski definition) is 8. The number of hydrogen-bond donors (Lipinski definition) is 3. The minimum Gasteiger partial charge on any atom is -0.401 e. The molecule has 8 nitrogen and oxygen atoms in total. The van der Waals surface area contributed by atoms with Gasteiger partial charge >= 0.3 is 0 Å². The molecule has 0 spiro atoms. The summed E-state index contributed by atoms with van der Waals surface area (Å²) in [6.45, 7) is 7.05. The van der Waals surface area contributed by atoms with Crippen molar-refractivity contribution >= 4 is 11.6 Å². The van der Waals surface area contributed by atoms with E-state index in [-0.39, 0.29) is 11.6 Å². The van der Waals surface area contributed by atoms with Crippen LogP contribution in [0, 0.1) is 5.92 Å². The van der Waals surface area contributed by atoms with Gasteiger partial charge in [-0.2, -0.15) is 0 Å². The van der Waals surface area contributed by atoms with Gasteiger partial charge < -0.3 is 21.3 Å². The second-order valence-corrected chi connectivity index (χ2v) is 13.7. The molecule has 1 aliphatic carbocycles. The zero-order valence-electron chi connectivity index (χ0n) is 31.0. The van der Waals surface area contributed by atoms with Crippen LogP contribution in [0.3, 0.4) is 0 Å². The van der Waals surface area contributed by atoms with Crippen LogP contribution < -0.4 is 16.8 Å². The van der Waals surface area contributed by atoms with Crippen LogP contribution in [0.5, 0.6) is 0 Å². The van der Waals surface area contributed by atoms with E-state index in [4.69, 9.17) is 16.0 Å². The molecule has 1 atom stereocenters. The molecular formula is C44H57N5O3. The second-order valence-electron chi connectivity index (χ2n) is 13.7. The van der Waals surface area contributed by atoms with Crippen LogP contribution in [0.4, 0.5) is 0 Å². The molecule has 1 fully saturated rings. The SMILES string of the molecule is CCCCC(CC)NC/C(N)=C/C(=O)c1ccccc1.N/C(=C\C(=O)c1ccccc1)CN(Cc1cc(-c2ccccc2)on1)CC1CCCCC1. The molecule has 5 rings (SSSR count). The summed E-state index contributed by atoms with van der Waals surface area (Å²) in [5.74, 6) is 1.32. The second kappa shape index (κ2) is 22.2. The third kappa shape index (κ3) is 14.1. The molecule has 1 heterocycles. The van der Waals surface area contributed by atoms with E-state index in [2.05, 4.69) is 29.2 Å². The van der Waals surface area contributed by atoms with Gasteiger partial charge in [-0.1, -0.05) is 142 Å². The Hall–Kier alpha value is -4.79. The number of ketones is 2. The number of unbranched alkanes of at least 4 members (excludes halogenated alkanes) is 1. The average Bonchev–Trinajstić information content (AvgIpc) is 3.65. The Kier molecular flexibility index (Phi) is 17.1. The average molecular weight is 704 g/mol. The van der Waals surface area contributed by atoms with Gasteiger partial charge in [0.2, 0.25) is 0 Å². The zero-order valence-corrected chi connectivity index (χ0v) is 31.0. The van der Waals surface area contributed by atoms with Crippen LogP contribution in [-0.2, 0) is 6.54 Å². The van der Waals surface area contributed by atoms with Gasteiger partial charge in [-0.15, -0.1) is 0 Å². The Balaban J connectivity index is 0.000000261. The highest BCUT2D eigenvalue weighted by atomic mass is 16.5. The predicted octanol–water partition coefficient (Wildman–Crippen LogP) is 8.72. The first-order valence-electron chi connectivity index (χ1n) is 18.9. The van der Waals surface area contributed by atoms with Crippen LogP contribution in [0.2, 0.25) is 0 Å². The molecule has 0 saturated heterocycles. The van der Waals surface area contributed by atoms with Crippen LogP contribution in [0.1, 0.15) is 98.0 Å². The Morgan fingerprint density at radius 1 is 0.846 bits per heavy atom. The van der Waals surface area contributed by atoms with Crippen LogP contribution >= 0.6 is 0 Å². The summed E-state index contributed by atoms with van der Waals surface area (Å²) in [5.41, 5.74) is 16.6. The molecule has 1 aromatic heterocycles. The van der Waals surface area contributed by atoms with Crippen LogP contribution in [0.25, 0.3) is 11.3 Å². The fraction of sp³-hybridized carbons (Fsp3) is 0.386. The van der Waals surface area contributed by atoms with Crippen molar-refractivity contribution in [2.45, 2.75) is 84.2 Å². The Bertz CT molecular complexity index is 1680. The van der Waals surface area contributed by atoms with Crippen molar-refractivity contribution in [1.82, 2.24) is 15.4 Å². The zero-order chi connectivity index (χ0) is 37.0. The fourth-order valence-corrected chi connectivity index (χ4v) is 6.50. The third-order valence-corrected chi connectivity index (χ3v) is 9.39. The highest BCUT2D eigenvalue weighted by Gasteiger charge is 2.20.